The van der Waals surface area contributed by atoms with E-state index in [1.165, 1.54) is 4.70 Å². The van der Waals surface area contributed by atoms with E-state index in [9.17, 15) is 5.11 Å². The topological polar surface area (TPSA) is 59.1 Å². The molecular weight excluding hydrogens is 240 g/mol. The average Bonchev–Trinajstić information content (AvgIpc) is 2.67. The molecule has 2 aromatic rings. The average molecular weight is 254 g/mol. The molecule has 0 saturated carbocycles. The van der Waals surface area contributed by atoms with Gasteiger partial charge in [0.25, 0.3) is 0 Å². The number of thiazole rings is 1. The van der Waals surface area contributed by atoms with Gasteiger partial charge >= 0.3 is 0 Å². The zero-order valence-corrected chi connectivity index (χ0v) is 10.6. The summed E-state index contributed by atoms with van der Waals surface area (Å²) in [5.74, 6) is 0. The molecule has 1 aromatic carbocycles. The van der Waals surface area contributed by atoms with Gasteiger partial charge in [-0.05, 0) is 19.1 Å². The monoisotopic (exact) mass is 254 g/mol. The van der Waals surface area contributed by atoms with Gasteiger partial charge in [0.15, 0.2) is 4.34 Å². The molecule has 5 heteroatoms. The smallest absolute Gasteiger partial charge is 0.151 e. The summed E-state index contributed by atoms with van der Waals surface area (Å²) in [6.45, 7) is 1.99. The van der Waals surface area contributed by atoms with Crippen LogP contribution >= 0.6 is 23.1 Å². The van der Waals surface area contributed by atoms with Crippen LogP contribution < -0.4 is 5.73 Å². The molecule has 2 unspecified atom stereocenters. The minimum absolute atomic E-state index is 0.0144. The molecule has 3 N–H and O–H groups in total. The van der Waals surface area contributed by atoms with Crippen LogP contribution in [0.3, 0.4) is 0 Å². The van der Waals surface area contributed by atoms with E-state index < -0.39 is 0 Å². The lowest BCUT2D eigenvalue weighted by Gasteiger charge is -2.15. The van der Waals surface area contributed by atoms with Crippen LogP contribution in [0.15, 0.2) is 28.6 Å². The first-order chi connectivity index (χ1) is 7.70. The maximum atomic E-state index is 9.21. The van der Waals surface area contributed by atoms with Gasteiger partial charge < -0.3 is 10.8 Å². The third kappa shape index (κ3) is 2.55. The maximum absolute atomic E-state index is 9.21. The first kappa shape index (κ1) is 11.9. The number of nitrogens with two attached hydrogens (primary N) is 1. The predicted molar refractivity (Wildman–Crippen MR) is 70.0 cm³/mol. The quantitative estimate of drug-likeness (QED) is 0.820. The van der Waals surface area contributed by atoms with Crippen molar-refractivity contribution in [3.05, 3.63) is 24.3 Å². The Labute approximate surface area is 103 Å². The molecule has 0 aliphatic rings. The van der Waals surface area contributed by atoms with E-state index in [2.05, 4.69) is 11.1 Å². The lowest BCUT2D eigenvalue weighted by molar-refractivity contribution is 0.285. The first-order valence-corrected chi connectivity index (χ1v) is 6.79. The van der Waals surface area contributed by atoms with E-state index >= 15 is 0 Å². The van der Waals surface area contributed by atoms with Gasteiger partial charge in [0.1, 0.15) is 0 Å². The highest BCUT2D eigenvalue weighted by Gasteiger charge is 2.16. The van der Waals surface area contributed by atoms with E-state index in [1.807, 2.05) is 25.1 Å². The normalized spacial score (nSPS) is 15.2. The number of rotatable bonds is 4. The predicted octanol–water partition coefficient (Wildman–Crippen LogP) is 2.10. The van der Waals surface area contributed by atoms with Gasteiger partial charge in [0.2, 0.25) is 0 Å². The zero-order valence-electron chi connectivity index (χ0n) is 8.96. The maximum Gasteiger partial charge on any atom is 0.151 e. The van der Waals surface area contributed by atoms with Gasteiger partial charge in [-0.25, -0.2) is 4.98 Å². The second kappa shape index (κ2) is 5.14. The van der Waals surface area contributed by atoms with Crippen LogP contribution in [-0.2, 0) is 0 Å². The molecule has 0 aliphatic heterocycles. The van der Waals surface area contributed by atoms with Crippen molar-refractivity contribution in [1.29, 1.82) is 0 Å². The molecule has 86 valence electrons. The van der Waals surface area contributed by atoms with Crippen LogP contribution in [0.1, 0.15) is 6.92 Å². The number of fused-ring (bicyclic) bond motifs is 1. The van der Waals surface area contributed by atoms with Gasteiger partial charge in [-0.15, -0.1) is 11.3 Å². The summed E-state index contributed by atoms with van der Waals surface area (Å²) in [5, 5.41) is 9.22. The second-order valence-corrected chi connectivity index (χ2v) is 6.16. The van der Waals surface area contributed by atoms with Crippen molar-refractivity contribution in [1.82, 2.24) is 4.98 Å². The molecule has 16 heavy (non-hydrogen) atoms. The van der Waals surface area contributed by atoms with Crippen molar-refractivity contribution in [2.24, 2.45) is 5.73 Å². The number of nitrogens with zero attached hydrogens (tertiary/aromatic N) is 1. The Morgan fingerprint density at radius 1 is 1.50 bits per heavy atom. The van der Waals surface area contributed by atoms with E-state index in [0.717, 1.165) is 9.86 Å². The number of benzene rings is 1. The zero-order chi connectivity index (χ0) is 11.5. The molecule has 0 aliphatic carbocycles. The number of para-hydroxylation sites is 1. The largest absolute Gasteiger partial charge is 0.395 e. The second-order valence-electron chi connectivity index (χ2n) is 3.65. The SMILES string of the molecule is CC(N)C(CO)Sc1nc2ccccc2s1. The fourth-order valence-corrected chi connectivity index (χ4v) is 3.57. The van der Waals surface area contributed by atoms with Gasteiger partial charge in [-0.1, -0.05) is 23.9 Å². The van der Waals surface area contributed by atoms with E-state index in [4.69, 9.17) is 5.73 Å². The summed E-state index contributed by atoms with van der Waals surface area (Å²) >= 11 is 3.20. The molecular formula is C11H14N2OS2. The van der Waals surface area contributed by atoms with E-state index in [-0.39, 0.29) is 17.9 Å². The summed E-state index contributed by atoms with van der Waals surface area (Å²) in [7, 11) is 0. The Kier molecular flexibility index (Phi) is 3.81. The third-order valence-electron chi connectivity index (χ3n) is 2.29. The van der Waals surface area contributed by atoms with Gasteiger partial charge in [0.05, 0.1) is 16.8 Å². The minimum Gasteiger partial charge on any atom is -0.395 e. The highest BCUT2D eigenvalue weighted by atomic mass is 32.2. The molecule has 3 nitrogen and oxygen atoms in total. The summed E-state index contributed by atoms with van der Waals surface area (Å²) in [4.78, 5) is 4.50. The molecule has 0 bridgehead atoms. The fraction of sp³-hybridized carbons (Fsp3) is 0.364. The molecule has 1 aromatic heterocycles. The summed E-state index contributed by atoms with van der Waals surface area (Å²) in [5.41, 5.74) is 6.80. The molecule has 0 spiro atoms. The highest BCUT2D eigenvalue weighted by molar-refractivity contribution is 8.01. The van der Waals surface area contributed by atoms with Gasteiger partial charge in [-0.2, -0.15) is 0 Å². The van der Waals surface area contributed by atoms with Crippen LogP contribution in [-0.4, -0.2) is 28.0 Å². The number of aliphatic hydroxyl groups is 1. The van der Waals surface area contributed by atoms with Crippen molar-refractivity contribution >= 4 is 33.3 Å². The van der Waals surface area contributed by atoms with Crippen molar-refractivity contribution in [3.8, 4) is 0 Å². The highest BCUT2D eigenvalue weighted by Crippen LogP contribution is 2.32. The lowest BCUT2D eigenvalue weighted by atomic mass is 10.3. The van der Waals surface area contributed by atoms with Crippen molar-refractivity contribution in [3.63, 3.8) is 0 Å². The Morgan fingerprint density at radius 3 is 2.88 bits per heavy atom. The van der Waals surface area contributed by atoms with Gasteiger partial charge in [0, 0.05) is 11.3 Å². The molecule has 0 amide bonds. The molecule has 0 radical (unpaired) electrons. The molecule has 0 fully saturated rings. The Balaban J connectivity index is 2.20. The van der Waals surface area contributed by atoms with Crippen molar-refractivity contribution < 1.29 is 5.11 Å². The third-order valence-corrected chi connectivity index (χ3v) is 4.84. The summed E-state index contributed by atoms with van der Waals surface area (Å²) < 4.78 is 2.14. The van der Waals surface area contributed by atoms with Crippen LogP contribution in [0, 0.1) is 0 Å². The minimum atomic E-state index is -0.0398. The number of aromatic nitrogens is 1. The molecule has 0 saturated heterocycles. The van der Waals surface area contributed by atoms with Crippen LogP contribution in [0.5, 0.6) is 0 Å². The van der Waals surface area contributed by atoms with Crippen LogP contribution in [0.4, 0.5) is 0 Å². The Bertz CT molecular complexity index is 437. The molecule has 2 atom stereocenters. The summed E-state index contributed by atoms with van der Waals surface area (Å²) in [6, 6.07) is 7.99. The lowest BCUT2D eigenvalue weighted by Crippen LogP contribution is -2.31. The van der Waals surface area contributed by atoms with Crippen LogP contribution in [0.2, 0.25) is 0 Å². The molecule has 1 heterocycles. The Hall–Kier alpha value is -0.620. The Morgan fingerprint density at radius 2 is 2.25 bits per heavy atom. The van der Waals surface area contributed by atoms with E-state index in [0.29, 0.717) is 0 Å². The van der Waals surface area contributed by atoms with Crippen LogP contribution in [0.25, 0.3) is 10.2 Å². The fourth-order valence-electron chi connectivity index (χ4n) is 1.34. The van der Waals surface area contributed by atoms with E-state index in [1.54, 1.807) is 23.1 Å². The number of hydrogen-bond acceptors (Lipinski definition) is 5. The molecule has 2 rings (SSSR count). The standard InChI is InChI=1S/C11H14N2OS2/c1-7(12)10(6-14)16-11-13-8-4-2-3-5-9(8)15-11/h2-5,7,10,14H,6,12H2,1H3. The number of thioether (sulfide) groups is 1. The number of hydrogen-bond donors (Lipinski definition) is 2. The van der Waals surface area contributed by atoms with Gasteiger partial charge in [-0.3, -0.25) is 0 Å². The van der Waals surface area contributed by atoms with Crippen molar-refractivity contribution in [2.75, 3.05) is 6.61 Å². The number of aliphatic hydroxyl groups excluding tert-OH is 1. The summed E-state index contributed by atoms with van der Waals surface area (Å²) in [6.07, 6.45) is 0. The first-order valence-electron chi connectivity index (χ1n) is 5.09. The van der Waals surface area contributed by atoms with Crippen molar-refractivity contribution in [2.45, 2.75) is 22.6 Å².